The summed E-state index contributed by atoms with van der Waals surface area (Å²) in [4.78, 5) is 11.9. The van der Waals surface area contributed by atoms with Gasteiger partial charge >= 0.3 is 0 Å². The number of amides is 1. The van der Waals surface area contributed by atoms with Gasteiger partial charge in [0.15, 0.2) is 0 Å². The molecule has 0 saturated heterocycles. The Morgan fingerprint density at radius 2 is 2.24 bits per heavy atom. The van der Waals surface area contributed by atoms with Gasteiger partial charge in [0, 0.05) is 25.2 Å². The number of nitrogens with two attached hydrogens (primary N) is 1. The molecule has 1 aliphatic carbocycles. The van der Waals surface area contributed by atoms with Crippen molar-refractivity contribution in [1.29, 1.82) is 0 Å². The molecule has 1 aromatic heterocycles. The van der Waals surface area contributed by atoms with Crippen molar-refractivity contribution in [2.45, 2.75) is 38.3 Å². The number of hydrogen-bond donors (Lipinski definition) is 2. The second kappa shape index (κ2) is 5.31. The van der Waals surface area contributed by atoms with Gasteiger partial charge in [-0.25, -0.2) is 0 Å². The van der Waals surface area contributed by atoms with Crippen LogP contribution < -0.4 is 11.1 Å². The molecule has 94 valence electrons. The van der Waals surface area contributed by atoms with Crippen molar-refractivity contribution < 1.29 is 4.79 Å². The van der Waals surface area contributed by atoms with Gasteiger partial charge in [0.2, 0.25) is 5.91 Å². The Kier molecular flexibility index (Phi) is 3.78. The summed E-state index contributed by atoms with van der Waals surface area (Å²) in [7, 11) is 1.87. The monoisotopic (exact) mass is 236 g/mol. The minimum atomic E-state index is 0.138. The van der Waals surface area contributed by atoms with E-state index in [1.807, 2.05) is 19.3 Å². The van der Waals surface area contributed by atoms with Crippen LogP contribution in [0.25, 0.3) is 0 Å². The van der Waals surface area contributed by atoms with Crippen LogP contribution in [0.2, 0.25) is 0 Å². The summed E-state index contributed by atoms with van der Waals surface area (Å²) < 4.78 is 1.74. The van der Waals surface area contributed by atoms with Gasteiger partial charge in [0.1, 0.15) is 0 Å². The highest BCUT2D eigenvalue weighted by Crippen LogP contribution is 2.23. The molecule has 1 heterocycles. The average molecular weight is 236 g/mol. The molecule has 1 saturated carbocycles. The maximum atomic E-state index is 11.9. The highest BCUT2D eigenvalue weighted by Gasteiger charge is 2.24. The summed E-state index contributed by atoms with van der Waals surface area (Å²) in [5.74, 6) is 0.279. The Morgan fingerprint density at radius 1 is 1.53 bits per heavy atom. The SMILES string of the molecule is Cn1ccc(CNC(=O)C2CCC(N)CC2)n1. The van der Waals surface area contributed by atoms with Crippen molar-refractivity contribution in [3.8, 4) is 0 Å². The maximum Gasteiger partial charge on any atom is 0.223 e. The number of rotatable bonds is 3. The third-order valence-electron chi connectivity index (χ3n) is 3.36. The van der Waals surface area contributed by atoms with Crippen molar-refractivity contribution in [3.63, 3.8) is 0 Å². The minimum Gasteiger partial charge on any atom is -0.350 e. The number of nitrogens with one attached hydrogen (secondary N) is 1. The predicted octanol–water partition coefficient (Wildman–Crippen LogP) is 0.554. The lowest BCUT2D eigenvalue weighted by atomic mass is 9.86. The molecular weight excluding hydrogens is 216 g/mol. The zero-order chi connectivity index (χ0) is 12.3. The molecule has 0 radical (unpaired) electrons. The zero-order valence-corrected chi connectivity index (χ0v) is 10.2. The molecule has 1 aliphatic rings. The highest BCUT2D eigenvalue weighted by atomic mass is 16.1. The molecule has 0 bridgehead atoms. The van der Waals surface area contributed by atoms with Crippen LogP contribution >= 0.6 is 0 Å². The number of nitrogens with zero attached hydrogens (tertiary/aromatic N) is 2. The van der Waals surface area contributed by atoms with E-state index >= 15 is 0 Å². The van der Waals surface area contributed by atoms with Gasteiger partial charge in [-0.1, -0.05) is 0 Å². The third-order valence-corrected chi connectivity index (χ3v) is 3.36. The molecule has 1 aromatic rings. The Balaban J connectivity index is 1.77. The van der Waals surface area contributed by atoms with E-state index in [2.05, 4.69) is 10.4 Å². The van der Waals surface area contributed by atoms with E-state index in [4.69, 9.17) is 5.73 Å². The molecule has 0 atom stereocenters. The van der Waals surface area contributed by atoms with Crippen LogP contribution in [-0.2, 0) is 18.4 Å². The molecule has 0 aromatic carbocycles. The van der Waals surface area contributed by atoms with E-state index in [0.717, 1.165) is 31.4 Å². The summed E-state index contributed by atoms with van der Waals surface area (Å²) in [5, 5.41) is 7.16. The molecule has 5 nitrogen and oxygen atoms in total. The standard InChI is InChI=1S/C12H20N4O/c1-16-7-6-11(15-16)8-14-12(17)9-2-4-10(13)5-3-9/h6-7,9-10H,2-5,8,13H2,1H3,(H,14,17). The van der Waals surface area contributed by atoms with Crippen LogP contribution in [-0.4, -0.2) is 21.7 Å². The molecule has 0 spiro atoms. The predicted molar refractivity (Wildman–Crippen MR) is 65.0 cm³/mol. The topological polar surface area (TPSA) is 72.9 Å². The maximum absolute atomic E-state index is 11.9. The Bertz CT molecular complexity index is 380. The Hall–Kier alpha value is -1.36. The van der Waals surface area contributed by atoms with Crippen LogP contribution in [0.5, 0.6) is 0 Å². The first-order chi connectivity index (χ1) is 8.15. The van der Waals surface area contributed by atoms with Gasteiger partial charge in [-0.15, -0.1) is 0 Å². The summed E-state index contributed by atoms with van der Waals surface area (Å²) in [6.45, 7) is 0.516. The second-order valence-electron chi connectivity index (χ2n) is 4.81. The molecule has 17 heavy (non-hydrogen) atoms. The molecule has 0 unspecified atom stereocenters. The van der Waals surface area contributed by atoms with Crippen LogP contribution in [0, 0.1) is 5.92 Å². The van der Waals surface area contributed by atoms with E-state index in [0.29, 0.717) is 6.54 Å². The normalized spacial score (nSPS) is 24.6. The van der Waals surface area contributed by atoms with Crippen LogP contribution in [0.15, 0.2) is 12.3 Å². The first kappa shape index (κ1) is 12.1. The number of carbonyl (C=O) groups is 1. The van der Waals surface area contributed by atoms with Gasteiger partial charge in [-0.3, -0.25) is 9.48 Å². The van der Waals surface area contributed by atoms with E-state index in [1.165, 1.54) is 0 Å². The number of aromatic nitrogens is 2. The summed E-state index contributed by atoms with van der Waals surface area (Å²) >= 11 is 0. The second-order valence-corrected chi connectivity index (χ2v) is 4.81. The van der Waals surface area contributed by atoms with Crippen LogP contribution in [0.3, 0.4) is 0 Å². The number of aryl methyl sites for hydroxylation is 1. The van der Waals surface area contributed by atoms with Crippen molar-refractivity contribution >= 4 is 5.91 Å². The molecule has 1 amide bonds. The van der Waals surface area contributed by atoms with E-state index in [-0.39, 0.29) is 17.9 Å². The van der Waals surface area contributed by atoms with Crippen LogP contribution in [0.1, 0.15) is 31.4 Å². The van der Waals surface area contributed by atoms with Gasteiger partial charge in [0.05, 0.1) is 12.2 Å². The largest absolute Gasteiger partial charge is 0.350 e. The van der Waals surface area contributed by atoms with Crippen molar-refractivity contribution in [2.75, 3.05) is 0 Å². The zero-order valence-electron chi connectivity index (χ0n) is 10.2. The number of carbonyl (C=O) groups excluding carboxylic acids is 1. The third kappa shape index (κ3) is 3.30. The first-order valence-corrected chi connectivity index (χ1v) is 6.17. The molecule has 2 rings (SSSR count). The molecule has 0 aliphatic heterocycles. The molecule has 5 heteroatoms. The fourth-order valence-corrected chi connectivity index (χ4v) is 2.26. The van der Waals surface area contributed by atoms with Gasteiger partial charge < -0.3 is 11.1 Å². The summed E-state index contributed by atoms with van der Waals surface area (Å²) in [5.41, 5.74) is 6.72. The highest BCUT2D eigenvalue weighted by molar-refractivity contribution is 5.78. The lowest BCUT2D eigenvalue weighted by Gasteiger charge is -2.24. The lowest BCUT2D eigenvalue weighted by molar-refractivity contribution is -0.126. The van der Waals surface area contributed by atoms with Gasteiger partial charge in [-0.2, -0.15) is 5.10 Å². The first-order valence-electron chi connectivity index (χ1n) is 6.17. The van der Waals surface area contributed by atoms with E-state index in [1.54, 1.807) is 4.68 Å². The fourth-order valence-electron chi connectivity index (χ4n) is 2.26. The molecule has 3 N–H and O–H groups in total. The molecule has 1 fully saturated rings. The van der Waals surface area contributed by atoms with Gasteiger partial charge in [0.25, 0.3) is 0 Å². The quantitative estimate of drug-likeness (QED) is 0.805. The smallest absolute Gasteiger partial charge is 0.223 e. The van der Waals surface area contributed by atoms with Crippen molar-refractivity contribution in [1.82, 2.24) is 15.1 Å². The Morgan fingerprint density at radius 3 is 2.82 bits per heavy atom. The lowest BCUT2D eigenvalue weighted by Crippen LogP contribution is -2.36. The van der Waals surface area contributed by atoms with E-state index < -0.39 is 0 Å². The summed E-state index contributed by atoms with van der Waals surface area (Å²) in [6.07, 6.45) is 5.62. The van der Waals surface area contributed by atoms with Crippen molar-refractivity contribution in [2.24, 2.45) is 18.7 Å². The molecular formula is C12H20N4O. The van der Waals surface area contributed by atoms with E-state index in [9.17, 15) is 4.79 Å². The fraction of sp³-hybridized carbons (Fsp3) is 0.667. The Labute approximate surface area is 101 Å². The average Bonchev–Trinajstić information content (AvgIpc) is 2.73. The number of hydrogen-bond acceptors (Lipinski definition) is 3. The van der Waals surface area contributed by atoms with Gasteiger partial charge in [-0.05, 0) is 31.7 Å². The van der Waals surface area contributed by atoms with Crippen LogP contribution in [0.4, 0.5) is 0 Å². The summed E-state index contributed by atoms with van der Waals surface area (Å²) in [6, 6.07) is 2.20. The minimum absolute atomic E-state index is 0.138. The van der Waals surface area contributed by atoms with Crippen molar-refractivity contribution in [3.05, 3.63) is 18.0 Å².